The van der Waals surface area contributed by atoms with E-state index in [1.807, 2.05) is 39.8 Å². The van der Waals surface area contributed by atoms with Crippen molar-refractivity contribution >= 4 is 5.76 Å². The van der Waals surface area contributed by atoms with Gasteiger partial charge in [0.2, 0.25) is 0 Å². The van der Waals surface area contributed by atoms with Gasteiger partial charge in [-0.15, -0.1) is 0 Å². The third kappa shape index (κ3) is 5.18. The molecule has 0 radical (unpaired) electrons. The smallest absolute Gasteiger partial charge is 0.416 e. The summed E-state index contributed by atoms with van der Waals surface area (Å²) in [6.45, 7) is 7.64. The Kier molecular flexibility index (Phi) is 6.81. The molecule has 33 heavy (non-hydrogen) atoms. The second-order valence-electron chi connectivity index (χ2n) is 8.56. The van der Waals surface area contributed by atoms with Crippen LogP contribution in [-0.4, -0.2) is 15.3 Å². The van der Waals surface area contributed by atoms with Crippen molar-refractivity contribution in [3.63, 3.8) is 0 Å². The van der Waals surface area contributed by atoms with Crippen LogP contribution in [0.1, 0.15) is 55.5 Å². The number of alkyl halides is 3. The summed E-state index contributed by atoms with van der Waals surface area (Å²) in [5.41, 5.74) is 2.58. The highest BCUT2D eigenvalue weighted by Crippen LogP contribution is 2.48. The van der Waals surface area contributed by atoms with Gasteiger partial charge in [-0.25, -0.2) is 0 Å². The zero-order valence-corrected chi connectivity index (χ0v) is 19.0. The van der Waals surface area contributed by atoms with Gasteiger partial charge in [-0.1, -0.05) is 35.4 Å². The minimum Gasteiger partial charge on any atom is -0.508 e. The second-order valence-corrected chi connectivity index (χ2v) is 8.56. The number of phenols is 2. The third-order valence-corrected chi connectivity index (χ3v) is 5.41. The second kappa shape index (κ2) is 9.25. The van der Waals surface area contributed by atoms with Crippen molar-refractivity contribution in [2.75, 3.05) is 0 Å². The normalized spacial score (nSPS) is 13.3. The Morgan fingerprint density at radius 3 is 1.94 bits per heavy atom. The first-order chi connectivity index (χ1) is 15.4. The van der Waals surface area contributed by atoms with Crippen molar-refractivity contribution in [3.8, 4) is 17.2 Å². The summed E-state index contributed by atoms with van der Waals surface area (Å²) in [6.07, 6.45) is -0.173. The number of aliphatic hydroxyl groups is 1. The number of allylic oxidation sites excluding steroid dienone is 5. The predicted molar refractivity (Wildman–Crippen MR) is 121 cm³/mol. The van der Waals surface area contributed by atoms with Crippen LogP contribution in [0.4, 0.5) is 13.2 Å². The average molecular weight is 460 g/mol. The summed E-state index contributed by atoms with van der Waals surface area (Å²) in [5, 5.41) is 32.5. The molecule has 0 amide bonds. The first kappa shape index (κ1) is 24.3. The summed E-state index contributed by atoms with van der Waals surface area (Å²) in [6, 6.07) is 4.27. The number of hydrogen-bond acceptors (Lipinski definition) is 4. The Morgan fingerprint density at radius 2 is 1.42 bits per heavy atom. The number of halogens is 3. The monoisotopic (exact) mass is 460 g/mol. The Labute approximate surface area is 191 Å². The van der Waals surface area contributed by atoms with Crippen LogP contribution in [0.5, 0.6) is 17.2 Å². The van der Waals surface area contributed by atoms with Crippen molar-refractivity contribution in [2.24, 2.45) is 0 Å². The van der Waals surface area contributed by atoms with Gasteiger partial charge in [0.1, 0.15) is 23.0 Å². The Balaban J connectivity index is 2.12. The SMILES string of the molecule is CC(C)=CCc1c(O)c(CC=C(C)C)c2c(c1O)CC(O)=C(c1ccc(C(F)(F)F)cc1)O2. The molecule has 0 bridgehead atoms. The molecule has 4 nitrogen and oxygen atoms in total. The van der Waals surface area contributed by atoms with Gasteiger partial charge in [0.15, 0.2) is 5.76 Å². The molecule has 7 heteroatoms. The molecule has 0 saturated carbocycles. The Hall–Kier alpha value is -3.35. The van der Waals surface area contributed by atoms with Crippen LogP contribution in [0.25, 0.3) is 5.76 Å². The molecule has 1 aliphatic rings. The van der Waals surface area contributed by atoms with E-state index in [0.29, 0.717) is 29.5 Å². The quantitative estimate of drug-likeness (QED) is 0.421. The molecule has 1 heterocycles. The number of aliphatic hydroxyl groups excluding tert-OH is 1. The lowest BCUT2D eigenvalue weighted by Gasteiger charge is -2.26. The van der Waals surface area contributed by atoms with E-state index in [-0.39, 0.29) is 40.8 Å². The van der Waals surface area contributed by atoms with E-state index in [2.05, 4.69) is 0 Å². The first-order valence-electron chi connectivity index (χ1n) is 10.5. The topological polar surface area (TPSA) is 69.9 Å². The van der Waals surface area contributed by atoms with Crippen molar-refractivity contribution in [3.05, 3.63) is 81.1 Å². The Bertz CT molecular complexity index is 1150. The number of phenolic OH excluding ortho intramolecular Hbond substituents is 2. The van der Waals surface area contributed by atoms with Gasteiger partial charge in [0.05, 0.1) is 5.56 Å². The van der Waals surface area contributed by atoms with Crippen LogP contribution in [-0.2, 0) is 25.4 Å². The van der Waals surface area contributed by atoms with E-state index in [1.54, 1.807) is 0 Å². The molecule has 3 N–H and O–H groups in total. The van der Waals surface area contributed by atoms with Crippen LogP contribution in [0.15, 0.2) is 53.3 Å². The summed E-state index contributed by atoms with van der Waals surface area (Å²) >= 11 is 0. The van der Waals surface area contributed by atoms with Gasteiger partial charge < -0.3 is 20.1 Å². The zero-order valence-electron chi connectivity index (χ0n) is 19.0. The summed E-state index contributed by atoms with van der Waals surface area (Å²) in [7, 11) is 0. The molecule has 0 aromatic heterocycles. The number of hydrogen-bond donors (Lipinski definition) is 3. The first-order valence-corrected chi connectivity index (χ1v) is 10.5. The molecule has 1 aliphatic heterocycles. The number of fused-ring (bicyclic) bond motifs is 1. The molecular formula is C26H27F3O4. The van der Waals surface area contributed by atoms with Gasteiger partial charge in [-0.2, -0.15) is 13.2 Å². The van der Waals surface area contributed by atoms with Crippen molar-refractivity contribution < 1.29 is 33.2 Å². The fourth-order valence-electron chi connectivity index (χ4n) is 3.60. The van der Waals surface area contributed by atoms with E-state index >= 15 is 0 Å². The molecule has 0 fully saturated rings. The number of benzene rings is 2. The molecule has 0 spiro atoms. The van der Waals surface area contributed by atoms with Gasteiger partial charge in [0, 0.05) is 28.7 Å². The fourth-order valence-corrected chi connectivity index (χ4v) is 3.60. The maximum Gasteiger partial charge on any atom is 0.416 e. The molecule has 2 aromatic carbocycles. The summed E-state index contributed by atoms with van der Waals surface area (Å²) in [4.78, 5) is 0. The maximum absolute atomic E-state index is 12.9. The van der Waals surface area contributed by atoms with Gasteiger partial charge in [-0.3, -0.25) is 0 Å². The lowest BCUT2D eigenvalue weighted by molar-refractivity contribution is -0.137. The third-order valence-electron chi connectivity index (χ3n) is 5.41. The molecule has 3 rings (SSSR count). The highest BCUT2D eigenvalue weighted by Gasteiger charge is 2.32. The molecular weight excluding hydrogens is 433 g/mol. The maximum atomic E-state index is 12.9. The van der Waals surface area contributed by atoms with Gasteiger partial charge in [0.25, 0.3) is 0 Å². The standard InChI is InChI=1S/C26H27F3O4/c1-14(2)5-11-18-22(31)19(12-6-15(3)4)25-20(23(18)32)13-21(30)24(33-25)16-7-9-17(10-8-16)26(27,28)29/h5-10,30-32H,11-13H2,1-4H3. The van der Waals surface area contributed by atoms with E-state index in [4.69, 9.17) is 4.74 Å². The molecule has 176 valence electrons. The van der Waals surface area contributed by atoms with Crippen molar-refractivity contribution in [2.45, 2.75) is 53.1 Å². The summed E-state index contributed by atoms with van der Waals surface area (Å²) in [5.74, 6) is -0.292. The largest absolute Gasteiger partial charge is 0.508 e. The summed E-state index contributed by atoms with van der Waals surface area (Å²) < 4.78 is 44.7. The molecule has 0 atom stereocenters. The highest BCUT2D eigenvalue weighted by atomic mass is 19.4. The Morgan fingerprint density at radius 1 is 0.879 bits per heavy atom. The van der Waals surface area contributed by atoms with Crippen LogP contribution in [0.2, 0.25) is 0 Å². The number of rotatable bonds is 5. The highest BCUT2D eigenvalue weighted by molar-refractivity contribution is 5.73. The van der Waals surface area contributed by atoms with E-state index < -0.39 is 11.7 Å². The van der Waals surface area contributed by atoms with Crippen molar-refractivity contribution in [1.29, 1.82) is 0 Å². The van der Waals surface area contributed by atoms with Gasteiger partial charge >= 0.3 is 6.18 Å². The minimum atomic E-state index is -4.48. The van der Waals surface area contributed by atoms with Crippen LogP contribution >= 0.6 is 0 Å². The van der Waals surface area contributed by atoms with Crippen molar-refractivity contribution in [1.82, 2.24) is 0 Å². The van der Waals surface area contributed by atoms with Crippen LogP contribution < -0.4 is 4.74 Å². The fraction of sp³-hybridized carbons (Fsp3) is 0.308. The van der Waals surface area contributed by atoms with E-state index in [1.165, 1.54) is 12.1 Å². The molecule has 2 aromatic rings. The molecule has 0 saturated heterocycles. The molecule has 0 aliphatic carbocycles. The predicted octanol–water partition coefficient (Wildman–Crippen LogP) is 7.00. The minimum absolute atomic E-state index is 0.00878. The van der Waals surface area contributed by atoms with E-state index in [9.17, 15) is 28.5 Å². The van der Waals surface area contributed by atoms with E-state index in [0.717, 1.165) is 23.3 Å². The van der Waals surface area contributed by atoms with Crippen LogP contribution in [0.3, 0.4) is 0 Å². The molecule has 0 unspecified atom stereocenters. The number of ether oxygens (including phenoxy) is 1. The average Bonchev–Trinajstić information content (AvgIpc) is 2.72. The van der Waals surface area contributed by atoms with Crippen LogP contribution in [0, 0.1) is 0 Å². The lowest BCUT2D eigenvalue weighted by Crippen LogP contribution is -2.13. The zero-order chi connectivity index (χ0) is 24.5. The number of aromatic hydroxyl groups is 2. The lowest BCUT2D eigenvalue weighted by atomic mass is 9.91. The van der Waals surface area contributed by atoms with Gasteiger partial charge in [-0.05, 0) is 52.7 Å².